The lowest BCUT2D eigenvalue weighted by molar-refractivity contribution is 0.0376. The number of fused-ring (bicyclic) bond motifs is 2. The average Bonchev–Trinajstić information content (AvgIpc) is 3.41. The summed E-state index contributed by atoms with van der Waals surface area (Å²) in [6.45, 7) is 6.91. The van der Waals surface area contributed by atoms with Gasteiger partial charge in [-0.1, -0.05) is 35.1 Å². The van der Waals surface area contributed by atoms with Gasteiger partial charge in [0.2, 0.25) is 0 Å². The number of rotatable bonds is 6. The summed E-state index contributed by atoms with van der Waals surface area (Å²) in [7, 11) is 0. The van der Waals surface area contributed by atoms with Crippen LogP contribution in [0.1, 0.15) is 21.8 Å². The van der Waals surface area contributed by atoms with Gasteiger partial charge in [0, 0.05) is 31.2 Å². The summed E-state index contributed by atoms with van der Waals surface area (Å²) >= 11 is 9.19. The van der Waals surface area contributed by atoms with E-state index in [9.17, 15) is 4.79 Å². The van der Waals surface area contributed by atoms with Gasteiger partial charge in [0.25, 0.3) is 5.91 Å². The first-order chi connectivity index (χ1) is 15.6. The van der Waals surface area contributed by atoms with Crippen molar-refractivity contribution in [1.82, 2.24) is 14.9 Å². The molecule has 0 spiro atoms. The molecule has 5 rings (SSSR count). The zero-order valence-electron chi connectivity index (χ0n) is 18.1. The molecule has 1 fully saturated rings. The summed E-state index contributed by atoms with van der Waals surface area (Å²) in [4.78, 5) is 27.2. The number of carbonyl (C=O) groups is 1. The van der Waals surface area contributed by atoms with Gasteiger partial charge >= 0.3 is 0 Å². The van der Waals surface area contributed by atoms with E-state index in [0.29, 0.717) is 21.7 Å². The number of para-hydroxylation sites is 1. The summed E-state index contributed by atoms with van der Waals surface area (Å²) in [6, 6.07) is 11.7. The number of thiazole rings is 2. The number of aromatic nitrogens is 2. The smallest absolute Gasteiger partial charge is 0.289 e. The molecule has 1 saturated heterocycles. The standard InChI is InChI=1S/C23H23ClN4O2S2.ClH/c1-15-13-16(24)14-19-20(15)26-23(32-19)28(8-4-7-27-9-11-30-12-10-27)22(29)21-25-17-5-2-3-6-18(17)31-21;/h2-3,5-6,13-14H,4,7-12H2,1H3;1H. The molecule has 1 aliphatic heterocycles. The number of amides is 1. The van der Waals surface area contributed by atoms with Crippen molar-refractivity contribution in [1.29, 1.82) is 0 Å². The van der Waals surface area contributed by atoms with Crippen LogP contribution in [0.3, 0.4) is 0 Å². The number of anilines is 1. The van der Waals surface area contributed by atoms with Crippen molar-refractivity contribution in [3.8, 4) is 0 Å². The second-order valence-corrected chi connectivity index (χ2v) is 10.3. The molecule has 3 heterocycles. The van der Waals surface area contributed by atoms with Gasteiger partial charge in [-0.3, -0.25) is 14.6 Å². The molecule has 1 aliphatic rings. The molecule has 0 bridgehead atoms. The average molecular weight is 524 g/mol. The predicted molar refractivity (Wildman–Crippen MR) is 140 cm³/mol. The number of nitrogens with zero attached hydrogens (tertiary/aromatic N) is 4. The third-order valence-electron chi connectivity index (χ3n) is 5.55. The Balaban J connectivity index is 0.00000259. The highest BCUT2D eigenvalue weighted by molar-refractivity contribution is 7.23. The van der Waals surface area contributed by atoms with Crippen molar-refractivity contribution in [2.45, 2.75) is 13.3 Å². The van der Waals surface area contributed by atoms with Gasteiger partial charge in [-0.15, -0.1) is 23.7 Å². The van der Waals surface area contributed by atoms with Gasteiger partial charge in [0.05, 0.1) is 33.6 Å². The Bertz CT molecular complexity index is 1240. The molecule has 2 aromatic heterocycles. The Labute approximate surface area is 211 Å². The Morgan fingerprint density at radius 3 is 2.73 bits per heavy atom. The van der Waals surface area contributed by atoms with Crippen LogP contribution in [0.15, 0.2) is 36.4 Å². The van der Waals surface area contributed by atoms with Gasteiger partial charge in [-0.05, 0) is 43.2 Å². The van der Waals surface area contributed by atoms with Crippen LogP contribution in [-0.2, 0) is 4.74 Å². The molecular weight excluding hydrogens is 499 g/mol. The Morgan fingerprint density at radius 2 is 1.94 bits per heavy atom. The largest absolute Gasteiger partial charge is 0.379 e. The molecule has 0 unspecified atom stereocenters. The first kappa shape index (κ1) is 24.3. The van der Waals surface area contributed by atoms with Gasteiger partial charge in [0.15, 0.2) is 10.1 Å². The molecule has 0 aliphatic carbocycles. The van der Waals surface area contributed by atoms with E-state index in [1.807, 2.05) is 43.3 Å². The fourth-order valence-corrected chi connectivity index (χ4v) is 6.26. The van der Waals surface area contributed by atoms with Crippen molar-refractivity contribution in [2.75, 3.05) is 44.3 Å². The predicted octanol–water partition coefficient (Wildman–Crippen LogP) is 5.66. The first-order valence-corrected chi connectivity index (χ1v) is 12.6. The topological polar surface area (TPSA) is 58.6 Å². The lowest BCUT2D eigenvalue weighted by Gasteiger charge is -2.27. The number of halogens is 2. The summed E-state index contributed by atoms with van der Waals surface area (Å²) in [5.41, 5.74) is 2.75. The van der Waals surface area contributed by atoms with Crippen molar-refractivity contribution in [2.24, 2.45) is 0 Å². The highest BCUT2D eigenvalue weighted by Gasteiger charge is 2.25. The monoisotopic (exact) mass is 522 g/mol. The minimum Gasteiger partial charge on any atom is -0.379 e. The van der Waals surface area contributed by atoms with Gasteiger partial charge < -0.3 is 4.74 Å². The number of carbonyl (C=O) groups excluding carboxylic acids is 1. The van der Waals surface area contributed by atoms with E-state index in [-0.39, 0.29) is 18.3 Å². The third kappa shape index (κ3) is 5.31. The molecule has 0 atom stereocenters. The Kier molecular flexibility index (Phi) is 7.83. The minimum atomic E-state index is -0.101. The molecule has 33 heavy (non-hydrogen) atoms. The normalized spacial score (nSPS) is 14.5. The fourth-order valence-electron chi connectivity index (χ4n) is 3.90. The second-order valence-electron chi connectivity index (χ2n) is 7.82. The van der Waals surface area contributed by atoms with E-state index < -0.39 is 0 Å². The van der Waals surface area contributed by atoms with Crippen molar-refractivity contribution < 1.29 is 9.53 Å². The molecule has 4 aromatic rings. The number of hydrogen-bond acceptors (Lipinski definition) is 7. The van der Waals surface area contributed by atoms with Gasteiger partial charge in [-0.25, -0.2) is 9.97 Å². The van der Waals surface area contributed by atoms with E-state index in [2.05, 4.69) is 9.88 Å². The summed E-state index contributed by atoms with van der Waals surface area (Å²) in [6.07, 6.45) is 0.853. The molecule has 0 saturated carbocycles. The zero-order valence-corrected chi connectivity index (χ0v) is 21.3. The summed E-state index contributed by atoms with van der Waals surface area (Å²) in [5.74, 6) is -0.101. The minimum absolute atomic E-state index is 0. The summed E-state index contributed by atoms with van der Waals surface area (Å²) in [5, 5.41) is 1.87. The molecule has 1 amide bonds. The van der Waals surface area contributed by atoms with Crippen LogP contribution in [0.4, 0.5) is 5.13 Å². The maximum absolute atomic E-state index is 13.6. The lowest BCUT2D eigenvalue weighted by Crippen LogP contribution is -2.39. The van der Waals surface area contributed by atoms with E-state index in [0.717, 1.165) is 65.3 Å². The Morgan fingerprint density at radius 1 is 1.15 bits per heavy atom. The van der Waals surface area contributed by atoms with Crippen molar-refractivity contribution in [3.05, 3.63) is 52.0 Å². The van der Waals surface area contributed by atoms with Gasteiger partial charge in [-0.2, -0.15) is 0 Å². The maximum atomic E-state index is 13.6. The Hall–Kier alpha value is -1.81. The van der Waals surface area contributed by atoms with E-state index >= 15 is 0 Å². The van der Waals surface area contributed by atoms with Crippen LogP contribution in [0, 0.1) is 6.92 Å². The quantitative estimate of drug-likeness (QED) is 0.327. The lowest BCUT2D eigenvalue weighted by atomic mass is 10.2. The number of ether oxygens (including phenoxy) is 1. The number of aryl methyl sites for hydroxylation is 1. The zero-order chi connectivity index (χ0) is 22.1. The molecule has 10 heteroatoms. The molecule has 0 N–H and O–H groups in total. The van der Waals surface area contributed by atoms with Crippen molar-refractivity contribution in [3.63, 3.8) is 0 Å². The van der Waals surface area contributed by atoms with Crippen LogP contribution >= 0.6 is 46.7 Å². The number of benzene rings is 2. The number of morpholine rings is 1. The highest BCUT2D eigenvalue weighted by atomic mass is 35.5. The van der Waals surface area contributed by atoms with Crippen molar-refractivity contribution >= 4 is 78.2 Å². The van der Waals surface area contributed by atoms with E-state index in [1.54, 1.807) is 4.90 Å². The molecular formula is C23H24Cl2N4O2S2. The van der Waals surface area contributed by atoms with Crippen LogP contribution in [0.2, 0.25) is 5.02 Å². The van der Waals surface area contributed by atoms with Gasteiger partial charge in [0.1, 0.15) is 0 Å². The van der Waals surface area contributed by atoms with E-state index in [1.165, 1.54) is 22.7 Å². The maximum Gasteiger partial charge on any atom is 0.289 e. The van der Waals surface area contributed by atoms with E-state index in [4.69, 9.17) is 21.3 Å². The third-order valence-corrected chi connectivity index (χ3v) is 7.82. The first-order valence-electron chi connectivity index (χ1n) is 10.6. The van der Waals surface area contributed by atoms with Crippen LogP contribution < -0.4 is 4.90 Å². The van der Waals surface area contributed by atoms with Crippen LogP contribution in [0.25, 0.3) is 20.4 Å². The molecule has 174 valence electrons. The molecule has 2 aromatic carbocycles. The highest BCUT2D eigenvalue weighted by Crippen LogP contribution is 2.34. The van der Waals surface area contributed by atoms with Crippen LogP contribution in [0.5, 0.6) is 0 Å². The SMILES string of the molecule is Cc1cc(Cl)cc2sc(N(CCCN3CCOCC3)C(=O)c3nc4ccccc4s3)nc12.Cl. The fraction of sp³-hybridized carbons (Fsp3) is 0.348. The molecule has 6 nitrogen and oxygen atoms in total. The van der Waals surface area contributed by atoms with Crippen LogP contribution in [-0.4, -0.2) is 60.2 Å². The number of hydrogen-bond donors (Lipinski definition) is 0. The second kappa shape index (κ2) is 10.6. The molecule has 0 radical (unpaired) electrons. The summed E-state index contributed by atoms with van der Waals surface area (Å²) < 4.78 is 7.44.